The molecular formula is C12H17N3O5. The first-order valence-electron chi connectivity index (χ1n) is 6.02. The number of hydrogen-bond acceptors (Lipinski definition) is 4. The van der Waals surface area contributed by atoms with Crippen LogP contribution in [0.25, 0.3) is 0 Å². The molecule has 0 aliphatic carbocycles. The summed E-state index contributed by atoms with van der Waals surface area (Å²) in [5.74, 6) is -2.03. The lowest BCUT2D eigenvalue weighted by Gasteiger charge is -2.18. The average Bonchev–Trinajstić information content (AvgIpc) is 2.36. The largest absolute Gasteiger partial charge is 0.480 e. The molecule has 8 nitrogen and oxygen atoms in total. The lowest BCUT2D eigenvalue weighted by Crippen LogP contribution is -2.47. The molecule has 0 fully saturated rings. The molecule has 0 radical (unpaired) electrons. The molecule has 0 saturated carbocycles. The van der Waals surface area contributed by atoms with E-state index in [1.54, 1.807) is 13.8 Å². The Kier molecular flexibility index (Phi) is 4.84. The van der Waals surface area contributed by atoms with Crippen molar-refractivity contribution in [2.75, 3.05) is 0 Å². The molecule has 20 heavy (non-hydrogen) atoms. The van der Waals surface area contributed by atoms with Crippen molar-refractivity contribution in [3.8, 4) is 0 Å². The molecule has 1 unspecified atom stereocenters. The van der Waals surface area contributed by atoms with Crippen molar-refractivity contribution in [1.82, 2.24) is 14.5 Å². The van der Waals surface area contributed by atoms with Gasteiger partial charge in [0.2, 0.25) is 5.91 Å². The fourth-order valence-electron chi connectivity index (χ4n) is 1.62. The second-order valence-electron chi connectivity index (χ2n) is 4.75. The number of hydrogen-bond donors (Lipinski definition) is 2. The SMILES string of the molecule is CC(C)C(NC(=O)Cn1ccc(=O)n(C)c1=O)C(=O)O. The zero-order valence-electron chi connectivity index (χ0n) is 11.5. The summed E-state index contributed by atoms with van der Waals surface area (Å²) in [7, 11) is 1.30. The maximum atomic E-state index is 11.8. The van der Waals surface area contributed by atoms with E-state index in [1.807, 2.05) is 0 Å². The minimum Gasteiger partial charge on any atom is -0.480 e. The molecule has 0 aliphatic heterocycles. The first kappa shape index (κ1) is 15.7. The molecule has 0 aliphatic rings. The van der Waals surface area contributed by atoms with Crippen molar-refractivity contribution < 1.29 is 14.7 Å². The number of carbonyl (C=O) groups is 2. The van der Waals surface area contributed by atoms with E-state index in [0.717, 1.165) is 15.2 Å². The lowest BCUT2D eigenvalue weighted by molar-refractivity contribution is -0.143. The van der Waals surface area contributed by atoms with E-state index in [9.17, 15) is 19.2 Å². The van der Waals surface area contributed by atoms with Crippen LogP contribution >= 0.6 is 0 Å². The Morgan fingerprint density at radius 1 is 1.35 bits per heavy atom. The summed E-state index contributed by atoms with van der Waals surface area (Å²) in [6.07, 6.45) is 1.20. The van der Waals surface area contributed by atoms with Gasteiger partial charge in [-0.3, -0.25) is 18.7 Å². The predicted octanol–water partition coefficient (Wildman–Crippen LogP) is -1.23. The Labute approximate surface area is 114 Å². The number of rotatable bonds is 5. The zero-order valence-corrected chi connectivity index (χ0v) is 11.5. The Morgan fingerprint density at radius 2 is 1.95 bits per heavy atom. The normalized spacial score (nSPS) is 12.2. The van der Waals surface area contributed by atoms with Gasteiger partial charge in [0.25, 0.3) is 5.56 Å². The van der Waals surface area contributed by atoms with E-state index < -0.39 is 29.2 Å². The average molecular weight is 283 g/mol. The van der Waals surface area contributed by atoms with E-state index in [1.165, 1.54) is 13.2 Å². The van der Waals surface area contributed by atoms with Crippen molar-refractivity contribution in [2.45, 2.75) is 26.4 Å². The Balaban J connectivity index is 2.87. The van der Waals surface area contributed by atoms with Crippen LogP contribution in [-0.4, -0.2) is 32.2 Å². The van der Waals surface area contributed by atoms with Gasteiger partial charge in [-0.25, -0.2) is 9.59 Å². The van der Waals surface area contributed by atoms with Crippen molar-refractivity contribution in [2.24, 2.45) is 13.0 Å². The van der Waals surface area contributed by atoms with Crippen LogP contribution in [0.5, 0.6) is 0 Å². The van der Waals surface area contributed by atoms with E-state index >= 15 is 0 Å². The molecule has 1 aromatic rings. The number of nitrogens with one attached hydrogen (secondary N) is 1. The molecular weight excluding hydrogens is 266 g/mol. The highest BCUT2D eigenvalue weighted by Crippen LogP contribution is 2.01. The Morgan fingerprint density at radius 3 is 2.45 bits per heavy atom. The van der Waals surface area contributed by atoms with Gasteiger partial charge in [0, 0.05) is 19.3 Å². The van der Waals surface area contributed by atoms with Crippen LogP contribution in [0.15, 0.2) is 21.9 Å². The smallest absolute Gasteiger partial charge is 0.331 e. The van der Waals surface area contributed by atoms with E-state index in [0.29, 0.717) is 0 Å². The summed E-state index contributed by atoms with van der Waals surface area (Å²) in [6.45, 7) is 2.98. The van der Waals surface area contributed by atoms with Crippen LogP contribution in [0.3, 0.4) is 0 Å². The molecule has 1 amide bonds. The summed E-state index contributed by atoms with van der Waals surface area (Å²) in [4.78, 5) is 45.6. The first-order chi connectivity index (χ1) is 9.23. The van der Waals surface area contributed by atoms with E-state index in [4.69, 9.17) is 5.11 Å². The molecule has 2 N–H and O–H groups in total. The van der Waals surface area contributed by atoms with Crippen molar-refractivity contribution >= 4 is 11.9 Å². The maximum Gasteiger partial charge on any atom is 0.331 e. The fraction of sp³-hybridized carbons (Fsp3) is 0.500. The quantitative estimate of drug-likeness (QED) is 0.703. The molecule has 0 spiro atoms. The van der Waals surface area contributed by atoms with Crippen LogP contribution in [-0.2, 0) is 23.2 Å². The number of carbonyl (C=O) groups excluding carboxylic acids is 1. The molecule has 0 aromatic carbocycles. The third-order valence-corrected chi connectivity index (χ3v) is 2.82. The van der Waals surface area contributed by atoms with Crippen LogP contribution < -0.4 is 16.6 Å². The molecule has 0 bridgehead atoms. The minimum absolute atomic E-state index is 0.284. The van der Waals surface area contributed by atoms with E-state index in [-0.39, 0.29) is 12.5 Å². The van der Waals surface area contributed by atoms with Gasteiger partial charge in [0.1, 0.15) is 12.6 Å². The fourth-order valence-corrected chi connectivity index (χ4v) is 1.62. The standard InChI is InChI=1S/C12H17N3O5/c1-7(2)10(11(18)19)13-8(16)6-15-5-4-9(17)14(3)12(15)20/h4-5,7,10H,6H2,1-3H3,(H,13,16)(H,18,19). The predicted molar refractivity (Wildman–Crippen MR) is 70.3 cm³/mol. The summed E-state index contributed by atoms with van der Waals surface area (Å²) in [6, 6.07) is 0.136. The highest BCUT2D eigenvalue weighted by Gasteiger charge is 2.23. The second-order valence-corrected chi connectivity index (χ2v) is 4.75. The summed E-state index contributed by atoms with van der Waals surface area (Å²) < 4.78 is 1.90. The summed E-state index contributed by atoms with van der Waals surface area (Å²) in [5.41, 5.74) is -1.11. The first-order valence-corrected chi connectivity index (χ1v) is 6.02. The van der Waals surface area contributed by atoms with Gasteiger partial charge in [0.15, 0.2) is 0 Å². The van der Waals surface area contributed by atoms with Crippen LogP contribution in [0, 0.1) is 5.92 Å². The number of amides is 1. The summed E-state index contributed by atoms with van der Waals surface area (Å²) >= 11 is 0. The molecule has 1 atom stereocenters. The Hall–Kier alpha value is -2.38. The molecule has 1 rings (SSSR count). The van der Waals surface area contributed by atoms with Crippen molar-refractivity contribution in [1.29, 1.82) is 0 Å². The number of carboxylic acids is 1. The molecule has 110 valence electrons. The van der Waals surface area contributed by atoms with Crippen molar-refractivity contribution in [3.63, 3.8) is 0 Å². The third-order valence-electron chi connectivity index (χ3n) is 2.82. The van der Waals surface area contributed by atoms with Gasteiger partial charge in [-0.15, -0.1) is 0 Å². The second kappa shape index (κ2) is 6.18. The summed E-state index contributed by atoms with van der Waals surface area (Å²) in [5, 5.41) is 11.3. The highest BCUT2D eigenvalue weighted by molar-refractivity contribution is 5.83. The topological polar surface area (TPSA) is 110 Å². The van der Waals surface area contributed by atoms with Gasteiger partial charge >= 0.3 is 11.7 Å². The monoisotopic (exact) mass is 283 g/mol. The van der Waals surface area contributed by atoms with Gasteiger partial charge in [-0.1, -0.05) is 13.8 Å². The van der Waals surface area contributed by atoms with Crippen LogP contribution in [0.4, 0.5) is 0 Å². The molecule has 1 heterocycles. The molecule has 0 saturated heterocycles. The van der Waals surface area contributed by atoms with Gasteiger partial charge in [0.05, 0.1) is 0 Å². The number of nitrogens with zero attached hydrogens (tertiary/aromatic N) is 2. The zero-order chi connectivity index (χ0) is 15.4. The maximum absolute atomic E-state index is 11.8. The van der Waals surface area contributed by atoms with Gasteiger partial charge < -0.3 is 10.4 Å². The number of aromatic nitrogens is 2. The van der Waals surface area contributed by atoms with Crippen LogP contribution in [0.1, 0.15) is 13.8 Å². The Bertz CT molecular complexity index is 629. The van der Waals surface area contributed by atoms with Gasteiger partial charge in [-0.05, 0) is 5.92 Å². The lowest BCUT2D eigenvalue weighted by atomic mass is 10.1. The molecule has 1 aromatic heterocycles. The highest BCUT2D eigenvalue weighted by atomic mass is 16.4. The van der Waals surface area contributed by atoms with Gasteiger partial charge in [-0.2, -0.15) is 0 Å². The minimum atomic E-state index is -1.14. The van der Waals surface area contributed by atoms with Crippen LogP contribution in [0.2, 0.25) is 0 Å². The number of aliphatic carboxylic acids is 1. The third kappa shape index (κ3) is 3.56. The number of carboxylic acid groups (broad SMARTS) is 1. The molecule has 8 heteroatoms. The van der Waals surface area contributed by atoms with Crippen molar-refractivity contribution in [3.05, 3.63) is 33.1 Å². The van der Waals surface area contributed by atoms with E-state index in [2.05, 4.69) is 5.32 Å².